The van der Waals surface area contributed by atoms with Crippen LogP contribution in [0.5, 0.6) is 0 Å². The molecule has 0 saturated carbocycles. The number of aryl methyl sites for hydroxylation is 2. The molecule has 2 nitrogen and oxygen atoms in total. The summed E-state index contributed by atoms with van der Waals surface area (Å²) in [6, 6.07) is 14.0. The molecule has 2 rings (SSSR count). The number of carbonyl (C=O) groups is 1. The van der Waals surface area contributed by atoms with Gasteiger partial charge in [0.05, 0.1) is 0 Å². The van der Waals surface area contributed by atoms with Gasteiger partial charge < -0.3 is 5.32 Å². The Morgan fingerprint density at radius 1 is 1.14 bits per heavy atom. The summed E-state index contributed by atoms with van der Waals surface area (Å²) in [5.74, 6) is 0.392. The third kappa shape index (κ3) is 3.52. The van der Waals surface area contributed by atoms with Gasteiger partial charge in [-0.15, -0.1) is 0 Å². The summed E-state index contributed by atoms with van der Waals surface area (Å²) < 4.78 is 0. The van der Waals surface area contributed by atoms with Gasteiger partial charge in [-0.2, -0.15) is 0 Å². The minimum atomic E-state index is -0.0387. The lowest BCUT2D eigenvalue weighted by molar-refractivity contribution is 0.102. The van der Waals surface area contributed by atoms with Crippen molar-refractivity contribution in [2.24, 2.45) is 0 Å². The zero-order chi connectivity index (χ0) is 15.4. The van der Waals surface area contributed by atoms with Gasteiger partial charge in [-0.05, 0) is 49.4 Å². The van der Waals surface area contributed by atoms with Crippen LogP contribution in [0, 0.1) is 13.8 Å². The van der Waals surface area contributed by atoms with Crippen LogP contribution in [0.25, 0.3) is 0 Å². The molecule has 1 unspecified atom stereocenters. The van der Waals surface area contributed by atoms with Crippen LogP contribution in [0.3, 0.4) is 0 Å². The highest BCUT2D eigenvalue weighted by Crippen LogP contribution is 2.27. The van der Waals surface area contributed by atoms with Gasteiger partial charge in [-0.1, -0.05) is 49.7 Å². The quantitative estimate of drug-likeness (QED) is 0.833. The molecular formula is C19H23NO. The van der Waals surface area contributed by atoms with E-state index in [1.165, 1.54) is 11.1 Å². The molecule has 0 radical (unpaired) electrons. The first-order valence-corrected chi connectivity index (χ1v) is 7.50. The highest BCUT2D eigenvalue weighted by Gasteiger charge is 2.13. The molecular weight excluding hydrogens is 258 g/mol. The van der Waals surface area contributed by atoms with Gasteiger partial charge in [-0.25, -0.2) is 0 Å². The van der Waals surface area contributed by atoms with E-state index in [1.807, 2.05) is 50.2 Å². The molecule has 0 saturated heterocycles. The summed E-state index contributed by atoms with van der Waals surface area (Å²) in [6.45, 7) is 8.35. The van der Waals surface area contributed by atoms with Crippen LogP contribution in [-0.4, -0.2) is 5.91 Å². The fourth-order valence-electron chi connectivity index (χ4n) is 2.52. The Bertz CT molecular complexity index is 646. The summed E-state index contributed by atoms with van der Waals surface area (Å²) >= 11 is 0. The number of hydrogen-bond acceptors (Lipinski definition) is 1. The van der Waals surface area contributed by atoms with Crippen molar-refractivity contribution in [2.75, 3.05) is 5.32 Å². The van der Waals surface area contributed by atoms with Gasteiger partial charge in [0, 0.05) is 11.3 Å². The van der Waals surface area contributed by atoms with Gasteiger partial charge in [0.1, 0.15) is 0 Å². The number of para-hydroxylation sites is 1. The zero-order valence-corrected chi connectivity index (χ0v) is 13.2. The molecule has 1 amide bonds. The molecule has 0 bridgehead atoms. The van der Waals surface area contributed by atoms with Crippen molar-refractivity contribution in [2.45, 2.75) is 40.0 Å². The molecule has 2 heteroatoms. The van der Waals surface area contributed by atoms with E-state index in [0.717, 1.165) is 23.2 Å². The van der Waals surface area contributed by atoms with Crippen molar-refractivity contribution in [1.29, 1.82) is 0 Å². The number of hydrogen-bond donors (Lipinski definition) is 1. The van der Waals surface area contributed by atoms with E-state index in [1.54, 1.807) is 0 Å². The summed E-state index contributed by atoms with van der Waals surface area (Å²) in [6.07, 6.45) is 1.05. The van der Waals surface area contributed by atoms with E-state index in [2.05, 4.69) is 25.2 Å². The lowest BCUT2D eigenvalue weighted by Crippen LogP contribution is -2.15. The van der Waals surface area contributed by atoms with Crippen LogP contribution in [0.1, 0.15) is 53.2 Å². The molecule has 1 atom stereocenters. The van der Waals surface area contributed by atoms with Crippen molar-refractivity contribution in [3.8, 4) is 0 Å². The third-order valence-corrected chi connectivity index (χ3v) is 3.98. The maximum absolute atomic E-state index is 12.5. The van der Waals surface area contributed by atoms with Crippen molar-refractivity contribution in [3.63, 3.8) is 0 Å². The SMILES string of the molecule is CCC(C)c1ccccc1NC(=O)c1ccc(C)cc1C. The van der Waals surface area contributed by atoms with Gasteiger partial charge in [0.15, 0.2) is 0 Å². The molecule has 21 heavy (non-hydrogen) atoms. The van der Waals surface area contributed by atoms with E-state index in [4.69, 9.17) is 0 Å². The Morgan fingerprint density at radius 2 is 1.86 bits per heavy atom. The first kappa shape index (κ1) is 15.3. The summed E-state index contributed by atoms with van der Waals surface area (Å²) in [5.41, 5.74) is 5.02. The van der Waals surface area contributed by atoms with Crippen LogP contribution >= 0.6 is 0 Å². The number of benzene rings is 2. The van der Waals surface area contributed by atoms with Crippen molar-refractivity contribution in [3.05, 3.63) is 64.7 Å². The Kier molecular flexibility index (Phi) is 4.79. The van der Waals surface area contributed by atoms with Gasteiger partial charge in [0.2, 0.25) is 0 Å². The number of nitrogens with one attached hydrogen (secondary N) is 1. The molecule has 0 aliphatic heterocycles. The molecule has 0 fully saturated rings. The van der Waals surface area contributed by atoms with Gasteiger partial charge in [0.25, 0.3) is 5.91 Å². The Balaban J connectivity index is 2.28. The lowest BCUT2D eigenvalue weighted by atomic mass is 9.96. The van der Waals surface area contributed by atoms with Gasteiger partial charge >= 0.3 is 0 Å². The second-order valence-electron chi connectivity index (χ2n) is 5.67. The number of anilines is 1. The molecule has 2 aromatic carbocycles. The first-order valence-electron chi connectivity index (χ1n) is 7.50. The lowest BCUT2D eigenvalue weighted by Gasteiger charge is -2.16. The van der Waals surface area contributed by atoms with E-state index in [0.29, 0.717) is 5.92 Å². The second-order valence-corrected chi connectivity index (χ2v) is 5.67. The zero-order valence-electron chi connectivity index (χ0n) is 13.2. The maximum Gasteiger partial charge on any atom is 0.255 e. The third-order valence-electron chi connectivity index (χ3n) is 3.98. The van der Waals surface area contributed by atoms with Crippen LogP contribution in [0.2, 0.25) is 0 Å². The number of rotatable bonds is 4. The number of carbonyl (C=O) groups excluding carboxylic acids is 1. The average Bonchev–Trinajstić information content (AvgIpc) is 2.46. The average molecular weight is 281 g/mol. The summed E-state index contributed by atoms with van der Waals surface area (Å²) in [4.78, 5) is 12.5. The molecule has 0 aliphatic rings. The normalized spacial score (nSPS) is 12.0. The summed E-state index contributed by atoms with van der Waals surface area (Å²) in [7, 11) is 0. The Labute approximate surface area is 127 Å². The fraction of sp³-hybridized carbons (Fsp3) is 0.316. The Morgan fingerprint density at radius 3 is 2.52 bits per heavy atom. The number of amides is 1. The first-order chi connectivity index (χ1) is 10.0. The maximum atomic E-state index is 12.5. The van der Waals surface area contributed by atoms with Gasteiger partial charge in [-0.3, -0.25) is 4.79 Å². The molecule has 110 valence electrons. The highest BCUT2D eigenvalue weighted by molar-refractivity contribution is 6.05. The fourth-order valence-corrected chi connectivity index (χ4v) is 2.52. The van der Waals surface area contributed by atoms with Crippen molar-refractivity contribution >= 4 is 11.6 Å². The van der Waals surface area contributed by atoms with Crippen LogP contribution < -0.4 is 5.32 Å². The van der Waals surface area contributed by atoms with Crippen LogP contribution in [0.4, 0.5) is 5.69 Å². The molecule has 0 aromatic heterocycles. The minimum absolute atomic E-state index is 0.0387. The Hall–Kier alpha value is -2.09. The molecule has 0 aliphatic carbocycles. The smallest absolute Gasteiger partial charge is 0.255 e. The molecule has 0 spiro atoms. The van der Waals surface area contributed by atoms with Crippen LogP contribution in [0.15, 0.2) is 42.5 Å². The van der Waals surface area contributed by atoms with Crippen LogP contribution in [-0.2, 0) is 0 Å². The predicted octanol–water partition coefficient (Wildman–Crippen LogP) is 5.07. The van der Waals surface area contributed by atoms with Crippen molar-refractivity contribution < 1.29 is 4.79 Å². The second kappa shape index (κ2) is 6.57. The predicted molar refractivity (Wildman–Crippen MR) is 89.0 cm³/mol. The molecule has 2 aromatic rings. The van der Waals surface area contributed by atoms with E-state index in [9.17, 15) is 4.79 Å². The largest absolute Gasteiger partial charge is 0.322 e. The minimum Gasteiger partial charge on any atom is -0.322 e. The summed E-state index contributed by atoms with van der Waals surface area (Å²) in [5, 5.41) is 3.06. The molecule has 0 heterocycles. The topological polar surface area (TPSA) is 29.1 Å². The van der Waals surface area contributed by atoms with E-state index in [-0.39, 0.29) is 5.91 Å². The monoisotopic (exact) mass is 281 g/mol. The van der Waals surface area contributed by atoms with E-state index < -0.39 is 0 Å². The molecule has 1 N–H and O–H groups in total. The highest BCUT2D eigenvalue weighted by atomic mass is 16.1. The van der Waals surface area contributed by atoms with E-state index >= 15 is 0 Å². The standard InChI is InChI=1S/C19H23NO/c1-5-14(3)16-8-6-7-9-18(16)20-19(21)17-11-10-13(2)12-15(17)4/h6-12,14H,5H2,1-4H3,(H,20,21). The van der Waals surface area contributed by atoms with Crippen molar-refractivity contribution in [1.82, 2.24) is 0 Å².